The number of thiophene rings is 1. The summed E-state index contributed by atoms with van der Waals surface area (Å²) in [6.45, 7) is 2.66. The first-order valence-corrected chi connectivity index (χ1v) is 13.5. The number of nitrogens with one attached hydrogen (secondary N) is 1. The van der Waals surface area contributed by atoms with Gasteiger partial charge in [-0.1, -0.05) is 31.5 Å². The minimum absolute atomic E-state index is 0.244. The molecule has 9 nitrogen and oxygen atoms in total. The van der Waals surface area contributed by atoms with E-state index in [4.69, 9.17) is 18.1 Å². The first-order chi connectivity index (χ1) is 16.5. The van der Waals surface area contributed by atoms with Gasteiger partial charge in [-0.25, -0.2) is 27.6 Å². The van der Waals surface area contributed by atoms with Crippen molar-refractivity contribution in [3.8, 4) is 0 Å². The van der Waals surface area contributed by atoms with Gasteiger partial charge in [0.1, 0.15) is 12.7 Å². The molecule has 0 fully saturated rings. The van der Waals surface area contributed by atoms with Crippen molar-refractivity contribution >= 4 is 39.5 Å². The molecule has 3 rings (SSSR count). The Labute approximate surface area is 208 Å². The van der Waals surface area contributed by atoms with Crippen LogP contribution in [0.4, 0.5) is 0 Å². The Kier molecular flexibility index (Phi) is 10.4. The van der Waals surface area contributed by atoms with Crippen LogP contribution >= 0.6 is 11.3 Å². The zero-order valence-corrected chi connectivity index (χ0v) is 21.1. The van der Waals surface area contributed by atoms with Crippen molar-refractivity contribution in [1.29, 1.82) is 0 Å². The van der Waals surface area contributed by atoms with Crippen molar-refractivity contribution in [3.05, 3.63) is 81.1 Å². The molecule has 3 aromatic rings. The van der Waals surface area contributed by atoms with E-state index in [1.807, 2.05) is 23.7 Å². The van der Waals surface area contributed by atoms with E-state index in [0.29, 0.717) is 24.8 Å². The maximum absolute atomic E-state index is 11.8. The fraction of sp³-hybridized carbons (Fsp3) is 0.292. The monoisotopic (exact) mass is 520 g/mol. The number of hydrogen-bond donors (Lipinski definition) is 3. The number of aromatic carboxylic acids is 1. The highest BCUT2D eigenvalue weighted by atomic mass is 32.2. The van der Waals surface area contributed by atoms with E-state index in [2.05, 4.69) is 16.5 Å². The highest BCUT2D eigenvalue weighted by Crippen LogP contribution is 2.17. The Morgan fingerprint density at radius 3 is 2.34 bits per heavy atom. The number of nitrogens with zero attached hydrogens (tertiary/aromatic N) is 1. The first kappa shape index (κ1) is 28.0. The second kappa shape index (κ2) is 13.0. The Balaban J connectivity index is 0.000000784. The molecule has 188 valence electrons. The average Bonchev–Trinajstić information content (AvgIpc) is 3.41. The minimum Gasteiger partial charge on any atom is -0.748 e. The van der Waals surface area contributed by atoms with Gasteiger partial charge in [0.2, 0.25) is 0 Å². The Morgan fingerprint density at radius 1 is 1.17 bits per heavy atom. The number of carboxylic acid groups (broad SMARTS) is 2. The van der Waals surface area contributed by atoms with Gasteiger partial charge in [-0.3, -0.25) is 0 Å². The highest BCUT2D eigenvalue weighted by molar-refractivity contribution is 7.84. The summed E-state index contributed by atoms with van der Waals surface area (Å²) in [5.41, 5.74) is 2.31. The predicted molar refractivity (Wildman–Crippen MR) is 131 cm³/mol. The molecule has 2 aromatic heterocycles. The third kappa shape index (κ3) is 9.85. The van der Waals surface area contributed by atoms with Crippen LogP contribution in [0, 0.1) is 0 Å². The first-order valence-electron chi connectivity index (χ1n) is 10.8. The molecule has 0 amide bonds. The van der Waals surface area contributed by atoms with Gasteiger partial charge in [-0.2, -0.15) is 0 Å². The minimum atomic E-state index is -3.92. The van der Waals surface area contributed by atoms with Crippen molar-refractivity contribution in [1.82, 2.24) is 4.98 Å². The number of hydrogen-bond acceptors (Lipinski definition) is 6. The van der Waals surface area contributed by atoms with Gasteiger partial charge in [-0.05, 0) is 41.6 Å². The lowest BCUT2D eigenvalue weighted by Gasteiger charge is -2.06. The third-order valence-electron chi connectivity index (χ3n) is 4.87. The van der Waals surface area contributed by atoms with Crippen LogP contribution in [0.3, 0.4) is 0 Å². The molecule has 0 unspecified atom stereocenters. The summed E-state index contributed by atoms with van der Waals surface area (Å²) < 4.78 is 29.3. The Bertz CT molecular complexity index is 1250. The second-order valence-corrected chi connectivity index (χ2v) is 10.2. The number of aromatic nitrogens is 2. The maximum atomic E-state index is 11.8. The van der Waals surface area contributed by atoms with Gasteiger partial charge in [-0.15, -0.1) is 11.3 Å². The van der Waals surface area contributed by atoms with E-state index >= 15 is 0 Å². The van der Waals surface area contributed by atoms with Gasteiger partial charge >= 0.3 is 11.9 Å². The SMILES string of the molecule is CCCCc1[nH]cc(/C=C(\Cc2cccs2)C(=O)O)[n+]1Cc1ccc(C(=O)O)cc1.CS(=O)(=O)[O-]. The topological polar surface area (TPSA) is 151 Å². The molecule has 0 spiro atoms. The van der Waals surface area contributed by atoms with Gasteiger partial charge in [0, 0.05) is 29.5 Å². The van der Waals surface area contributed by atoms with Crippen molar-refractivity contribution in [3.63, 3.8) is 0 Å². The fourth-order valence-corrected chi connectivity index (χ4v) is 3.96. The number of unbranched alkanes of at least 4 members (excludes halogenated alkanes) is 1. The van der Waals surface area contributed by atoms with Gasteiger partial charge in [0.05, 0.1) is 15.7 Å². The molecule has 0 radical (unpaired) electrons. The van der Waals surface area contributed by atoms with Crippen molar-refractivity contribution in [2.75, 3.05) is 6.26 Å². The van der Waals surface area contributed by atoms with Gasteiger partial charge < -0.3 is 14.8 Å². The summed E-state index contributed by atoms with van der Waals surface area (Å²) in [5, 5.41) is 20.7. The molecule has 1 aromatic carbocycles. The lowest BCUT2D eigenvalue weighted by atomic mass is 10.1. The molecule has 0 aliphatic rings. The van der Waals surface area contributed by atoms with Crippen molar-refractivity contribution < 1.29 is 37.3 Å². The third-order valence-corrected chi connectivity index (χ3v) is 5.75. The molecular formula is C24H28N2O7S2. The summed E-state index contributed by atoms with van der Waals surface area (Å²) in [6.07, 6.45) is 7.46. The smallest absolute Gasteiger partial charge is 0.335 e. The summed E-state index contributed by atoms with van der Waals surface area (Å²) >= 11 is 1.54. The summed E-state index contributed by atoms with van der Waals surface area (Å²) in [6, 6.07) is 10.6. The van der Waals surface area contributed by atoms with Crippen molar-refractivity contribution in [2.45, 2.75) is 39.2 Å². The molecule has 0 saturated carbocycles. The standard InChI is InChI=1S/C23H24N2O4S.CH4O3S/c1-2-3-6-21-24-14-19(12-18(23(28)29)13-20-5-4-11-30-20)25(21)15-16-7-9-17(10-8-16)22(26)27;1-5(2,3)4/h4-5,7-12,14H,2-3,6,13,15H2,1H3,(H2,26,27,28,29);1H3,(H,2,3,4)/b18-12+;. The van der Waals surface area contributed by atoms with E-state index in [1.54, 1.807) is 30.3 Å². The predicted octanol–water partition coefficient (Wildman–Crippen LogP) is 3.32. The van der Waals surface area contributed by atoms with Crippen LogP contribution in [-0.2, 0) is 34.3 Å². The van der Waals surface area contributed by atoms with E-state index in [0.717, 1.165) is 41.2 Å². The molecule has 2 heterocycles. The number of rotatable bonds is 10. The molecule has 0 aliphatic heterocycles. The Morgan fingerprint density at radius 2 is 1.83 bits per heavy atom. The summed E-state index contributed by atoms with van der Waals surface area (Å²) in [4.78, 5) is 27.2. The van der Waals surface area contributed by atoms with Gasteiger partial charge in [0.25, 0.3) is 5.82 Å². The van der Waals surface area contributed by atoms with Crippen LogP contribution < -0.4 is 4.57 Å². The second-order valence-electron chi connectivity index (χ2n) is 7.79. The van der Waals surface area contributed by atoms with Crippen LogP contribution in [0.25, 0.3) is 6.08 Å². The molecule has 0 saturated heterocycles. The van der Waals surface area contributed by atoms with Gasteiger partial charge in [0.15, 0.2) is 5.69 Å². The molecule has 11 heteroatoms. The Hall–Kier alpha value is -3.28. The van der Waals surface area contributed by atoms with E-state index in [9.17, 15) is 14.7 Å². The quantitative estimate of drug-likeness (QED) is 0.211. The molecule has 3 N–H and O–H groups in total. The van der Waals surface area contributed by atoms with E-state index in [-0.39, 0.29) is 5.56 Å². The number of carboxylic acids is 2. The number of H-pyrrole nitrogens is 1. The van der Waals surface area contributed by atoms with E-state index < -0.39 is 22.1 Å². The number of aliphatic carboxylic acids is 1. The normalized spacial score (nSPS) is 11.6. The van der Waals surface area contributed by atoms with Crippen LogP contribution in [0.5, 0.6) is 0 Å². The fourth-order valence-electron chi connectivity index (χ4n) is 3.23. The zero-order valence-electron chi connectivity index (χ0n) is 19.4. The molecule has 0 bridgehead atoms. The summed E-state index contributed by atoms with van der Waals surface area (Å²) in [5.74, 6) is -0.869. The van der Waals surface area contributed by atoms with Crippen LogP contribution in [-0.4, -0.2) is 46.4 Å². The molecule has 35 heavy (non-hydrogen) atoms. The maximum Gasteiger partial charge on any atom is 0.335 e. The number of aryl methyl sites for hydroxylation is 1. The summed E-state index contributed by atoms with van der Waals surface area (Å²) in [7, 11) is -3.92. The lowest BCUT2D eigenvalue weighted by Crippen LogP contribution is -2.40. The lowest BCUT2D eigenvalue weighted by molar-refractivity contribution is -0.696. The largest absolute Gasteiger partial charge is 0.748 e. The van der Waals surface area contributed by atoms with Crippen LogP contribution in [0.1, 0.15) is 52.1 Å². The number of benzene rings is 1. The zero-order chi connectivity index (χ0) is 26.0. The number of aromatic amines is 1. The molecule has 0 aliphatic carbocycles. The van der Waals surface area contributed by atoms with Crippen LogP contribution in [0.2, 0.25) is 0 Å². The van der Waals surface area contributed by atoms with Crippen LogP contribution in [0.15, 0.2) is 53.5 Å². The number of carbonyl (C=O) groups is 2. The van der Waals surface area contributed by atoms with E-state index in [1.165, 1.54) is 11.3 Å². The highest BCUT2D eigenvalue weighted by Gasteiger charge is 2.19. The molecular weight excluding hydrogens is 492 g/mol. The average molecular weight is 521 g/mol. The van der Waals surface area contributed by atoms with Crippen molar-refractivity contribution in [2.24, 2.45) is 0 Å². The molecule has 0 atom stereocenters. The number of imidazole rings is 1.